The van der Waals surface area contributed by atoms with E-state index in [4.69, 9.17) is 10.5 Å². The van der Waals surface area contributed by atoms with Crippen molar-refractivity contribution in [2.45, 2.75) is 38.8 Å². The van der Waals surface area contributed by atoms with Crippen LogP contribution in [0, 0.1) is 0 Å². The summed E-state index contributed by atoms with van der Waals surface area (Å²) in [6, 6.07) is 0.208. The molecule has 2 nitrogen and oxygen atoms in total. The fourth-order valence-corrected chi connectivity index (χ4v) is 0.743. The number of rotatable bonds is 4. The van der Waals surface area contributed by atoms with E-state index in [0.717, 1.165) is 12.8 Å². The van der Waals surface area contributed by atoms with E-state index >= 15 is 0 Å². The van der Waals surface area contributed by atoms with E-state index < -0.39 is 0 Å². The molecular formula is C9H21NO. The van der Waals surface area contributed by atoms with Gasteiger partial charge < -0.3 is 10.5 Å². The van der Waals surface area contributed by atoms with E-state index in [1.165, 1.54) is 0 Å². The zero-order valence-corrected chi connectivity index (χ0v) is 7.97. The van der Waals surface area contributed by atoms with Gasteiger partial charge in [-0.05, 0) is 13.3 Å². The minimum absolute atomic E-state index is 0.199. The van der Waals surface area contributed by atoms with Crippen molar-refractivity contribution >= 4 is 0 Å². The van der Waals surface area contributed by atoms with Gasteiger partial charge in [0.2, 0.25) is 0 Å². The quantitative estimate of drug-likeness (QED) is 0.636. The Morgan fingerprint density at radius 3 is 2.18 bits per heavy atom. The van der Waals surface area contributed by atoms with Crippen molar-refractivity contribution in [2.24, 2.45) is 5.73 Å². The van der Waals surface area contributed by atoms with Crippen molar-refractivity contribution < 1.29 is 4.74 Å². The van der Waals surface area contributed by atoms with Crippen molar-refractivity contribution in [3.05, 3.63) is 13.2 Å². The molecule has 0 aliphatic heterocycles. The molecule has 2 heteroatoms. The van der Waals surface area contributed by atoms with Gasteiger partial charge in [0.05, 0.1) is 6.10 Å². The van der Waals surface area contributed by atoms with Gasteiger partial charge in [0.25, 0.3) is 0 Å². The molecule has 0 aliphatic rings. The molecule has 0 bridgehead atoms. The molecule has 2 atom stereocenters. The average molecular weight is 159 g/mol. The van der Waals surface area contributed by atoms with Crippen LogP contribution >= 0.6 is 0 Å². The van der Waals surface area contributed by atoms with Crippen LogP contribution in [0.2, 0.25) is 0 Å². The maximum atomic E-state index is 5.71. The van der Waals surface area contributed by atoms with E-state index in [1.807, 2.05) is 6.92 Å². The van der Waals surface area contributed by atoms with Gasteiger partial charge in [-0.2, -0.15) is 0 Å². The topological polar surface area (TPSA) is 35.2 Å². The largest absolute Gasteiger partial charge is 0.380 e. The third-order valence-electron chi connectivity index (χ3n) is 1.60. The van der Waals surface area contributed by atoms with Crippen molar-refractivity contribution in [1.82, 2.24) is 0 Å². The SMILES string of the molecule is C=C.CCCC(N)C(C)OC. The van der Waals surface area contributed by atoms with Crippen LogP contribution in [-0.4, -0.2) is 19.3 Å². The lowest BCUT2D eigenvalue weighted by Gasteiger charge is -2.16. The minimum Gasteiger partial charge on any atom is -0.380 e. The molecule has 0 fully saturated rings. The number of ether oxygens (including phenoxy) is 1. The second kappa shape index (κ2) is 9.66. The molecule has 0 saturated heterocycles. The van der Waals surface area contributed by atoms with Gasteiger partial charge in [-0.15, -0.1) is 13.2 Å². The van der Waals surface area contributed by atoms with Crippen LogP contribution in [-0.2, 0) is 4.74 Å². The summed E-state index contributed by atoms with van der Waals surface area (Å²) in [4.78, 5) is 0. The molecule has 0 amide bonds. The van der Waals surface area contributed by atoms with E-state index in [0.29, 0.717) is 0 Å². The summed E-state index contributed by atoms with van der Waals surface area (Å²) in [6.45, 7) is 10.1. The molecule has 68 valence electrons. The van der Waals surface area contributed by atoms with Crippen LogP contribution in [0.1, 0.15) is 26.7 Å². The molecular weight excluding hydrogens is 138 g/mol. The highest BCUT2D eigenvalue weighted by molar-refractivity contribution is 4.67. The van der Waals surface area contributed by atoms with Crippen LogP contribution in [0.3, 0.4) is 0 Å². The molecule has 2 unspecified atom stereocenters. The summed E-state index contributed by atoms with van der Waals surface area (Å²) in [5.41, 5.74) is 5.71. The maximum Gasteiger partial charge on any atom is 0.0694 e. The Kier molecular flexibility index (Phi) is 11.6. The maximum absolute atomic E-state index is 5.71. The van der Waals surface area contributed by atoms with E-state index in [9.17, 15) is 0 Å². The van der Waals surface area contributed by atoms with Gasteiger partial charge in [0.15, 0.2) is 0 Å². The Hall–Kier alpha value is -0.340. The first kappa shape index (κ1) is 13.3. The highest BCUT2D eigenvalue weighted by atomic mass is 16.5. The highest BCUT2D eigenvalue weighted by Gasteiger charge is 2.08. The summed E-state index contributed by atoms with van der Waals surface area (Å²) in [5.74, 6) is 0. The Labute approximate surface area is 70.4 Å². The van der Waals surface area contributed by atoms with Gasteiger partial charge in [-0.3, -0.25) is 0 Å². The van der Waals surface area contributed by atoms with E-state index in [2.05, 4.69) is 20.1 Å². The molecule has 0 aromatic heterocycles. The number of methoxy groups -OCH3 is 1. The fraction of sp³-hybridized carbons (Fsp3) is 0.778. The van der Waals surface area contributed by atoms with Crippen LogP contribution < -0.4 is 5.73 Å². The first-order valence-electron chi connectivity index (χ1n) is 4.00. The molecule has 0 rings (SSSR count). The van der Waals surface area contributed by atoms with E-state index in [1.54, 1.807) is 7.11 Å². The van der Waals surface area contributed by atoms with Gasteiger partial charge in [-0.25, -0.2) is 0 Å². The predicted molar refractivity (Wildman–Crippen MR) is 50.6 cm³/mol. The van der Waals surface area contributed by atoms with Gasteiger partial charge in [-0.1, -0.05) is 13.3 Å². The monoisotopic (exact) mass is 159 g/mol. The van der Waals surface area contributed by atoms with Crippen LogP contribution in [0.4, 0.5) is 0 Å². The predicted octanol–water partition coefficient (Wildman–Crippen LogP) is 1.95. The lowest BCUT2D eigenvalue weighted by molar-refractivity contribution is 0.0927. The first-order valence-corrected chi connectivity index (χ1v) is 4.00. The third-order valence-corrected chi connectivity index (χ3v) is 1.60. The molecule has 0 aliphatic carbocycles. The zero-order valence-electron chi connectivity index (χ0n) is 7.97. The average Bonchev–Trinajstić information content (AvgIpc) is 2.07. The molecule has 0 heterocycles. The standard InChI is InChI=1S/C7H17NO.C2H4/c1-4-5-7(8)6(2)9-3;1-2/h6-7H,4-5,8H2,1-3H3;1-2H2. The first-order chi connectivity index (χ1) is 5.22. The van der Waals surface area contributed by atoms with Gasteiger partial charge in [0.1, 0.15) is 0 Å². The summed E-state index contributed by atoms with van der Waals surface area (Å²) in [6.07, 6.45) is 2.38. The minimum atomic E-state index is 0.199. The Morgan fingerprint density at radius 1 is 1.45 bits per heavy atom. The highest BCUT2D eigenvalue weighted by Crippen LogP contribution is 2.00. The Morgan fingerprint density at radius 2 is 1.91 bits per heavy atom. The second-order valence-electron chi connectivity index (χ2n) is 2.39. The van der Waals surface area contributed by atoms with E-state index in [-0.39, 0.29) is 12.1 Å². The number of hydrogen-bond acceptors (Lipinski definition) is 2. The third kappa shape index (κ3) is 7.56. The van der Waals surface area contributed by atoms with Crippen molar-refractivity contribution in [1.29, 1.82) is 0 Å². The summed E-state index contributed by atoms with van der Waals surface area (Å²) < 4.78 is 5.04. The molecule has 0 saturated carbocycles. The summed E-state index contributed by atoms with van der Waals surface area (Å²) in [7, 11) is 1.69. The molecule has 0 spiro atoms. The van der Waals surface area contributed by atoms with Gasteiger partial charge in [0, 0.05) is 13.2 Å². The molecule has 0 radical (unpaired) electrons. The normalized spacial score (nSPS) is 14.5. The zero-order chi connectivity index (χ0) is 9.28. The summed E-state index contributed by atoms with van der Waals surface area (Å²) >= 11 is 0. The van der Waals surface area contributed by atoms with Crippen molar-refractivity contribution in [3.63, 3.8) is 0 Å². The van der Waals surface area contributed by atoms with Crippen LogP contribution in [0.25, 0.3) is 0 Å². The Balaban J connectivity index is 0. The van der Waals surface area contributed by atoms with Crippen LogP contribution in [0.15, 0.2) is 13.2 Å². The summed E-state index contributed by atoms with van der Waals surface area (Å²) in [5, 5.41) is 0. The number of nitrogens with two attached hydrogens (primary N) is 1. The molecule has 0 aromatic rings. The fourth-order valence-electron chi connectivity index (χ4n) is 0.743. The molecule has 11 heavy (non-hydrogen) atoms. The molecule has 0 aromatic carbocycles. The lowest BCUT2D eigenvalue weighted by Crippen LogP contribution is -2.33. The second-order valence-corrected chi connectivity index (χ2v) is 2.39. The molecule has 2 N–H and O–H groups in total. The lowest BCUT2D eigenvalue weighted by atomic mass is 10.1. The number of hydrogen-bond donors (Lipinski definition) is 1. The van der Waals surface area contributed by atoms with Gasteiger partial charge >= 0.3 is 0 Å². The van der Waals surface area contributed by atoms with Crippen molar-refractivity contribution in [3.8, 4) is 0 Å². The van der Waals surface area contributed by atoms with Crippen molar-refractivity contribution in [2.75, 3.05) is 7.11 Å². The Bertz CT molecular complexity index is 76.0. The van der Waals surface area contributed by atoms with Crippen LogP contribution in [0.5, 0.6) is 0 Å². The smallest absolute Gasteiger partial charge is 0.0694 e.